The van der Waals surface area contributed by atoms with Gasteiger partial charge in [-0.3, -0.25) is 4.68 Å². The quantitative estimate of drug-likeness (QED) is 0.655. The molecule has 0 amide bonds. The number of nitriles is 1. The van der Waals surface area contributed by atoms with Crippen LogP contribution in [0, 0.1) is 17.2 Å². The van der Waals surface area contributed by atoms with Gasteiger partial charge in [-0.25, -0.2) is 4.98 Å². The highest BCUT2D eigenvalue weighted by atomic mass is 16.5. The van der Waals surface area contributed by atoms with Crippen molar-refractivity contribution in [2.24, 2.45) is 13.0 Å². The molecule has 0 radical (unpaired) electrons. The summed E-state index contributed by atoms with van der Waals surface area (Å²) in [5.41, 5.74) is 1.93. The van der Waals surface area contributed by atoms with Gasteiger partial charge in [0.25, 0.3) is 5.88 Å². The molecule has 1 aliphatic carbocycles. The molecule has 1 fully saturated rings. The molecule has 0 spiro atoms. The molecule has 4 rings (SSSR count). The number of rotatable bonds is 7. The summed E-state index contributed by atoms with van der Waals surface area (Å²) in [6.45, 7) is 4.65. The maximum absolute atomic E-state index is 9.51. The summed E-state index contributed by atoms with van der Waals surface area (Å²) >= 11 is 0. The standard InChI is InChI=1S/C20H25N7O2/c1-12-5-6-17(12)29-19-16(10-26(3)25-19)23-20-22-9-14-7-15(8-21)27(18(14)24-20)13(2)11-28-4/h7,9-10,12-13,17H,5-6,11H2,1-4H3,(H,22,23,24)/t12?,13-,17?/m0/s1. The molecule has 29 heavy (non-hydrogen) atoms. The van der Waals surface area contributed by atoms with Crippen LogP contribution in [0.1, 0.15) is 38.4 Å². The van der Waals surface area contributed by atoms with Gasteiger partial charge < -0.3 is 19.4 Å². The summed E-state index contributed by atoms with van der Waals surface area (Å²) in [6.07, 6.45) is 5.98. The zero-order valence-electron chi connectivity index (χ0n) is 17.1. The molecule has 152 valence electrons. The van der Waals surface area contributed by atoms with Gasteiger partial charge in [-0.1, -0.05) is 6.92 Å². The summed E-state index contributed by atoms with van der Waals surface area (Å²) in [4.78, 5) is 9.07. The van der Waals surface area contributed by atoms with Crippen molar-refractivity contribution < 1.29 is 9.47 Å². The van der Waals surface area contributed by atoms with Crippen molar-refractivity contribution in [2.75, 3.05) is 19.0 Å². The van der Waals surface area contributed by atoms with Crippen LogP contribution in [-0.4, -0.2) is 44.1 Å². The van der Waals surface area contributed by atoms with E-state index >= 15 is 0 Å². The molecule has 2 unspecified atom stereocenters. The van der Waals surface area contributed by atoms with Crippen molar-refractivity contribution in [1.29, 1.82) is 5.26 Å². The Bertz CT molecular complexity index is 1060. The van der Waals surface area contributed by atoms with Gasteiger partial charge in [0.2, 0.25) is 5.95 Å². The zero-order chi connectivity index (χ0) is 20.5. The van der Waals surface area contributed by atoms with E-state index in [1.807, 2.05) is 24.7 Å². The van der Waals surface area contributed by atoms with Crippen molar-refractivity contribution in [2.45, 2.75) is 38.8 Å². The van der Waals surface area contributed by atoms with Crippen LogP contribution < -0.4 is 10.1 Å². The summed E-state index contributed by atoms with van der Waals surface area (Å²) < 4.78 is 14.9. The van der Waals surface area contributed by atoms with Crippen LogP contribution in [0.5, 0.6) is 5.88 Å². The van der Waals surface area contributed by atoms with Gasteiger partial charge in [0.05, 0.1) is 18.8 Å². The van der Waals surface area contributed by atoms with E-state index in [1.165, 1.54) is 6.42 Å². The number of aromatic nitrogens is 5. The Balaban J connectivity index is 1.65. The number of nitrogens with zero attached hydrogens (tertiary/aromatic N) is 6. The van der Waals surface area contributed by atoms with Crippen LogP contribution in [0.15, 0.2) is 18.5 Å². The third-order valence-electron chi connectivity index (χ3n) is 5.38. The van der Waals surface area contributed by atoms with E-state index in [0.29, 0.717) is 35.7 Å². The second-order valence-electron chi connectivity index (χ2n) is 7.65. The number of anilines is 2. The highest BCUT2D eigenvalue weighted by Gasteiger charge is 2.30. The summed E-state index contributed by atoms with van der Waals surface area (Å²) in [6, 6.07) is 3.99. The van der Waals surface area contributed by atoms with Gasteiger partial charge in [0, 0.05) is 25.7 Å². The van der Waals surface area contributed by atoms with Crippen molar-refractivity contribution >= 4 is 22.7 Å². The Morgan fingerprint density at radius 3 is 2.90 bits per heavy atom. The number of hydrogen-bond acceptors (Lipinski definition) is 7. The highest BCUT2D eigenvalue weighted by molar-refractivity contribution is 5.79. The highest BCUT2D eigenvalue weighted by Crippen LogP contribution is 2.34. The average molecular weight is 395 g/mol. The minimum Gasteiger partial charge on any atom is -0.472 e. The van der Waals surface area contributed by atoms with Crippen molar-refractivity contribution in [3.63, 3.8) is 0 Å². The second kappa shape index (κ2) is 7.72. The Morgan fingerprint density at radius 1 is 1.41 bits per heavy atom. The molecule has 3 heterocycles. The number of hydrogen-bond donors (Lipinski definition) is 1. The first kappa shape index (κ1) is 19.2. The van der Waals surface area contributed by atoms with Gasteiger partial charge in [0.1, 0.15) is 29.2 Å². The molecule has 3 aromatic heterocycles. The van der Waals surface area contributed by atoms with E-state index in [-0.39, 0.29) is 12.1 Å². The minimum atomic E-state index is -0.0349. The monoisotopic (exact) mass is 395 g/mol. The van der Waals surface area contributed by atoms with Crippen LogP contribution >= 0.6 is 0 Å². The lowest BCUT2D eigenvalue weighted by atomic mass is 9.84. The van der Waals surface area contributed by atoms with Crippen LogP contribution in [0.2, 0.25) is 0 Å². The predicted molar refractivity (Wildman–Crippen MR) is 108 cm³/mol. The topological polar surface area (TPSA) is 103 Å². The predicted octanol–water partition coefficient (Wildman–Crippen LogP) is 3.16. The Labute approximate surface area is 169 Å². The smallest absolute Gasteiger partial charge is 0.257 e. The lowest BCUT2D eigenvalue weighted by Crippen LogP contribution is -2.34. The molecule has 3 aromatic rings. The first-order chi connectivity index (χ1) is 14.0. The third-order valence-corrected chi connectivity index (χ3v) is 5.38. The zero-order valence-corrected chi connectivity index (χ0v) is 17.1. The Morgan fingerprint density at radius 2 is 2.24 bits per heavy atom. The summed E-state index contributed by atoms with van der Waals surface area (Å²) in [7, 11) is 3.49. The van der Waals surface area contributed by atoms with Crippen molar-refractivity contribution in [3.05, 3.63) is 24.2 Å². The van der Waals surface area contributed by atoms with Crippen molar-refractivity contribution in [3.8, 4) is 11.9 Å². The molecule has 0 aromatic carbocycles. The third kappa shape index (κ3) is 3.63. The van der Waals surface area contributed by atoms with Crippen LogP contribution in [0.25, 0.3) is 11.0 Å². The molecular formula is C20H25N7O2. The van der Waals surface area contributed by atoms with Gasteiger partial charge in [0.15, 0.2) is 0 Å². The van der Waals surface area contributed by atoms with Crippen LogP contribution in [0.4, 0.5) is 11.6 Å². The van der Waals surface area contributed by atoms with E-state index in [9.17, 15) is 5.26 Å². The van der Waals surface area contributed by atoms with E-state index in [4.69, 9.17) is 9.47 Å². The van der Waals surface area contributed by atoms with Crippen LogP contribution in [0.3, 0.4) is 0 Å². The molecule has 1 aliphatic rings. The number of methoxy groups -OCH3 is 1. The molecule has 9 heteroatoms. The first-order valence-corrected chi connectivity index (χ1v) is 9.74. The average Bonchev–Trinajstić information content (AvgIpc) is 3.24. The van der Waals surface area contributed by atoms with Gasteiger partial charge in [-0.15, -0.1) is 5.10 Å². The van der Waals surface area contributed by atoms with Crippen molar-refractivity contribution in [1.82, 2.24) is 24.3 Å². The lowest BCUT2D eigenvalue weighted by molar-refractivity contribution is 0.0536. The van der Waals surface area contributed by atoms with E-state index in [2.05, 4.69) is 33.4 Å². The molecule has 3 atom stereocenters. The molecule has 1 N–H and O–H groups in total. The molecule has 0 bridgehead atoms. The van der Waals surface area contributed by atoms with E-state index in [0.717, 1.165) is 17.5 Å². The van der Waals surface area contributed by atoms with Crippen LogP contribution in [-0.2, 0) is 11.8 Å². The fourth-order valence-electron chi connectivity index (χ4n) is 3.63. The number of nitrogens with one attached hydrogen (secondary N) is 1. The number of ether oxygens (including phenoxy) is 2. The second-order valence-corrected chi connectivity index (χ2v) is 7.65. The fraction of sp³-hybridized carbons (Fsp3) is 0.500. The molecule has 9 nitrogen and oxygen atoms in total. The molecule has 1 saturated carbocycles. The molecule has 0 aliphatic heterocycles. The van der Waals surface area contributed by atoms with Gasteiger partial charge >= 0.3 is 0 Å². The van der Waals surface area contributed by atoms with E-state index in [1.54, 1.807) is 24.1 Å². The van der Waals surface area contributed by atoms with Gasteiger partial charge in [-0.05, 0) is 31.7 Å². The summed E-state index contributed by atoms with van der Waals surface area (Å²) in [5.74, 6) is 1.51. The first-order valence-electron chi connectivity index (χ1n) is 9.74. The summed E-state index contributed by atoms with van der Waals surface area (Å²) in [5, 5.41) is 18.0. The van der Waals surface area contributed by atoms with Gasteiger partial charge in [-0.2, -0.15) is 10.2 Å². The number of fused-ring (bicyclic) bond motifs is 1. The molecular weight excluding hydrogens is 370 g/mol. The Kier molecular flexibility index (Phi) is 5.11. The minimum absolute atomic E-state index is 0.0349. The Hall–Kier alpha value is -3.12. The normalized spacial score (nSPS) is 19.6. The lowest BCUT2D eigenvalue weighted by Gasteiger charge is -2.33. The van der Waals surface area contributed by atoms with E-state index < -0.39 is 0 Å². The molecule has 0 saturated heterocycles. The maximum Gasteiger partial charge on any atom is 0.257 e. The number of aryl methyl sites for hydroxylation is 1. The fourth-order valence-corrected chi connectivity index (χ4v) is 3.63. The maximum atomic E-state index is 9.51. The SMILES string of the molecule is COC[C@H](C)n1c(C#N)cc2cnc(Nc3cn(C)nc3OC3CCC3C)nc21. The largest absolute Gasteiger partial charge is 0.472 e.